The molecule has 0 saturated carbocycles. The summed E-state index contributed by atoms with van der Waals surface area (Å²) in [7, 11) is 0. The van der Waals surface area contributed by atoms with E-state index in [0.717, 1.165) is 26.4 Å². The highest BCUT2D eigenvalue weighted by atomic mass is 32.1. The molecule has 0 fully saturated rings. The molecule has 0 bridgehead atoms. The predicted molar refractivity (Wildman–Crippen MR) is 105 cm³/mol. The number of nitrogens with zero attached hydrogens (tertiary/aromatic N) is 1. The summed E-state index contributed by atoms with van der Waals surface area (Å²) in [6, 6.07) is 13.4. The molecule has 3 rings (SSSR count). The first-order valence-corrected chi connectivity index (χ1v) is 9.28. The van der Waals surface area contributed by atoms with Crippen molar-refractivity contribution < 1.29 is 19.1 Å². The summed E-state index contributed by atoms with van der Waals surface area (Å²) in [6.45, 7) is 3.53. The fourth-order valence-corrected chi connectivity index (χ4v) is 3.37. The number of fused-ring (bicyclic) bond motifs is 1. The Morgan fingerprint density at radius 2 is 1.89 bits per heavy atom. The Hall–Kier alpha value is -2.77. The standard InChI is InChI=1S/C20H20N2O4S/c1-13-6-5-8-15(14(13)2)21-18(23)10-26-20(24)12-25-11-19-22-16-7-3-4-9-17(16)27-19/h3-9H,10-12H2,1-2H3,(H,21,23). The Balaban J connectivity index is 1.40. The second kappa shape index (κ2) is 8.75. The van der Waals surface area contributed by atoms with Gasteiger partial charge in [0, 0.05) is 5.69 Å². The summed E-state index contributed by atoms with van der Waals surface area (Å²) < 4.78 is 11.4. The molecule has 6 nitrogen and oxygen atoms in total. The van der Waals surface area contributed by atoms with Gasteiger partial charge in [-0.15, -0.1) is 11.3 Å². The zero-order valence-corrected chi connectivity index (χ0v) is 16.0. The largest absolute Gasteiger partial charge is 0.454 e. The summed E-state index contributed by atoms with van der Waals surface area (Å²) in [5, 5.41) is 3.53. The van der Waals surface area contributed by atoms with Gasteiger partial charge in [0.1, 0.15) is 11.6 Å². The van der Waals surface area contributed by atoms with Gasteiger partial charge >= 0.3 is 5.97 Å². The number of carbonyl (C=O) groups is 2. The minimum atomic E-state index is -0.591. The highest BCUT2D eigenvalue weighted by molar-refractivity contribution is 7.18. The van der Waals surface area contributed by atoms with E-state index in [1.165, 1.54) is 11.3 Å². The van der Waals surface area contributed by atoms with Gasteiger partial charge in [0.05, 0.1) is 16.8 Å². The summed E-state index contributed by atoms with van der Waals surface area (Å²) >= 11 is 1.52. The predicted octanol–water partition coefficient (Wildman–Crippen LogP) is 3.61. The van der Waals surface area contributed by atoms with Gasteiger partial charge in [0.25, 0.3) is 5.91 Å². The lowest BCUT2D eigenvalue weighted by atomic mass is 10.1. The number of rotatable bonds is 7. The van der Waals surface area contributed by atoms with Crippen molar-refractivity contribution in [2.24, 2.45) is 0 Å². The first-order valence-electron chi connectivity index (χ1n) is 8.47. The second-order valence-electron chi connectivity index (χ2n) is 6.02. The second-order valence-corrected chi connectivity index (χ2v) is 7.14. The Bertz CT molecular complexity index is 935. The van der Waals surface area contributed by atoms with E-state index in [0.29, 0.717) is 5.69 Å². The van der Waals surface area contributed by atoms with E-state index in [1.807, 2.05) is 56.3 Å². The van der Waals surface area contributed by atoms with Crippen molar-refractivity contribution >= 4 is 39.1 Å². The third kappa shape index (κ3) is 5.12. The van der Waals surface area contributed by atoms with Crippen LogP contribution >= 0.6 is 11.3 Å². The number of hydrogen-bond acceptors (Lipinski definition) is 6. The van der Waals surface area contributed by atoms with E-state index in [-0.39, 0.29) is 25.7 Å². The zero-order chi connectivity index (χ0) is 19.2. The van der Waals surface area contributed by atoms with Crippen LogP contribution in [0.25, 0.3) is 10.2 Å². The van der Waals surface area contributed by atoms with Crippen LogP contribution in [0.4, 0.5) is 5.69 Å². The number of aryl methyl sites for hydroxylation is 1. The van der Waals surface area contributed by atoms with Gasteiger partial charge in [0.15, 0.2) is 6.61 Å². The van der Waals surface area contributed by atoms with E-state index in [1.54, 1.807) is 0 Å². The van der Waals surface area contributed by atoms with E-state index >= 15 is 0 Å². The number of para-hydroxylation sites is 1. The number of benzene rings is 2. The van der Waals surface area contributed by atoms with E-state index in [9.17, 15) is 9.59 Å². The van der Waals surface area contributed by atoms with Gasteiger partial charge in [-0.25, -0.2) is 9.78 Å². The molecule has 1 N–H and O–H groups in total. The summed E-state index contributed by atoms with van der Waals surface area (Å²) in [5.74, 6) is -0.976. The molecule has 0 aliphatic heterocycles. The Labute approximate surface area is 161 Å². The van der Waals surface area contributed by atoms with Crippen molar-refractivity contribution in [1.29, 1.82) is 0 Å². The lowest BCUT2D eigenvalue weighted by Crippen LogP contribution is -2.23. The normalized spacial score (nSPS) is 10.7. The van der Waals surface area contributed by atoms with Crippen molar-refractivity contribution in [2.45, 2.75) is 20.5 Å². The highest BCUT2D eigenvalue weighted by Crippen LogP contribution is 2.22. The molecule has 0 saturated heterocycles. The molecule has 1 heterocycles. The van der Waals surface area contributed by atoms with E-state index < -0.39 is 5.97 Å². The molecule has 140 valence electrons. The molecule has 1 amide bonds. The molecule has 0 aliphatic rings. The van der Waals surface area contributed by atoms with Gasteiger partial charge in [-0.1, -0.05) is 24.3 Å². The SMILES string of the molecule is Cc1cccc(NC(=O)COC(=O)COCc2nc3ccccc3s2)c1C. The van der Waals surface area contributed by atoms with Crippen LogP contribution < -0.4 is 5.32 Å². The molecular weight excluding hydrogens is 364 g/mol. The number of esters is 1. The van der Waals surface area contributed by atoms with Crippen molar-refractivity contribution in [1.82, 2.24) is 4.98 Å². The smallest absolute Gasteiger partial charge is 0.332 e. The summed E-state index contributed by atoms with van der Waals surface area (Å²) in [4.78, 5) is 28.1. The van der Waals surface area contributed by atoms with Crippen LogP contribution in [0, 0.1) is 13.8 Å². The average Bonchev–Trinajstić information content (AvgIpc) is 3.06. The Morgan fingerprint density at radius 1 is 1.07 bits per heavy atom. The number of anilines is 1. The van der Waals surface area contributed by atoms with Gasteiger partial charge in [-0.05, 0) is 43.2 Å². The minimum Gasteiger partial charge on any atom is -0.454 e. The average molecular weight is 384 g/mol. The fraction of sp³-hybridized carbons (Fsp3) is 0.250. The Kier molecular flexibility index (Phi) is 6.16. The van der Waals surface area contributed by atoms with E-state index in [4.69, 9.17) is 9.47 Å². The molecule has 1 aromatic heterocycles. The maximum absolute atomic E-state index is 11.9. The van der Waals surface area contributed by atoms with Crippen LogP contribution in [0.1, 0.15) is 16.1 Å². The van der Waals surface area contributed by atoms with Gasteiger partial charge in [-0.3, -0.25) is 4.79 Å². The third-order valence-corrected chi connectivity index (χ3v) is 5.04. The molecule has 0 aliphatic carbocycles. The number of hydrogen-bond donors (Lipinski definition) is 1. The number of aromatic nitrogens is 1. The maximum Gasteiger partial charge on any atom is 0.332 e. The van der Waals surface area contributed by atoms with Crippen molar-refractivity contribution in [2.75, 3.05) is 18.5 Å². The third-order valence-electron chi connectivity index (χ3n) is 4.03. The fourth-order valence-electron chi connectivity index (χ4n) is 2.46. The van der Waals surface area contributed by atoms with Crippen molar-refractivity contribution in [3.63, 3.8) is 0 Å². The quantitative estimate of drug-likeness (QED) is 0.630. The number of amides is 1. The number of carbonyl (C=O) groups excluding carboxylic acids is 2. The molecule has 3 aromatic rings. The van der Waals surface area contributed by atoms with Gasteiger partial charge in [-0.2, -0.15) is 0 Å². The van der Waals surface area contributed by atoms with Crippen molar-refractivity contribution in [3.8, 4) is 0 Å². The maximum atomic E-state index is 11.9. The van der Waals surface area contributed by atoms with Gasteiger partial charge in [0.2, 0.25) is 0 Å². The molecular formula is C20H20N2O4S. The lowest BCUT2D eigenvalue weighted by Gasteiger charge is -2.10. The van der Waals surface area contributed by atoms with Gasteiger partial charge < -0.3 is 14.8 Å². The molecule has 27 heavy (non-hydrogen) atoms. The highest BCUT2D eigenvalue weighted by Gasteiger charge is 2.11. The summed E-state index contributed by atoms with van der Waals surface area (Å²) in [6.07, 6.45) is 0. The molecule has 2 aromatic carbocycles. The zero-order valence-electron chi connectivity index (χ0n) is 15.2. The molecule has 0 unspecified atom stereocenters. The Morgan fingerprint density at radius 3 is 2.70 bits per heavy atom. The van der Waals surface area contributed by atoms with E-state index in [2.05, 4.69) is 10.3 Å². The molecule has 0 atom stereocenters. The van der Waals surface area contributed by atoms with Crippen LogP contribution in [0.5, 0.6) is 0 Å². The van der Waals surface area contributed by atoms with Crippen LogP contribution in [0.15, 0.2) is 42.5 Å². The lowest BCUT2D eigenvalue weighted by molar-refractivity contribution is -0.152. The minimum absolute atomic E-state index is 0.225. The summed E-state index contributed by atoms with van der Waals surface area (Å²) in [5.41, 5.74) is 3.68. The van der Waals surface area contributed by atoms with Crippen LogP contribution in [0.3, 0.4) is 0 Å². The topological polar surface area (TPSA) is 77.5 Å². The van der Waals surface area contributed by atoms with Crippen LogP contribution in [-0.2, 0) is 25.7 Å². The van der Waals surface area contributed by atoms with Crippen molar-refractivity contribution in [3.05, 3.63) is 58.6 Å². The molecule has 0 spiro atoms. The molecule has 0 radical (unpaired) electrons. The molecule has 7 heteroatoms. The number of nitrogens with one attached hydrogen (secondary N) is 1. The number of thiazole rings is 1. The van der Waals surface area contributed by atoms with Crippen LogP contribution in [0.2, 0.25) is 0 Å². The first-order chi connectivity index (χ1) is 13.0. The van der Waals surface area contributed by atoms with Crippen LogP contribution in [-0.4, -0.2) is 30.1 Å². The number of ether oxygens (including phenoxy) is 2. The first kappa shape index (κ1) is 19.0. The monoisotopic (exact) mass is 384 g/mol.